The summed E-state index contributed by atoms with van der Waals surface area (Å²) in [7, 11) is 1.56. The van der Waals surface area contributed by atoms with Crippen LogP contribution in [0.1, 0.15) is 21.7 Å². The van der Waals surface area contributed by atoms with Crippen molar-refractivity contribution in [2.45, 2.75) is 17.5 Å². The molecular weight excluding hydrogens is 479 g/mol. The van der Waals surface area contributed by atoms with E-state index < -0.39 is 0 Å². The highest BCUT2D eigenvalue weighted by molar-refractivity contribution is 7.98. The number of halogens is 2. The first-order chi connectivity index (χ1) is 16.0. The van der Waals surface area contributed by atoms with Crippen LogP contribution in [-0.4, -0.2) is 27.8 Å². The number of ether oxygens (including phenoxy) is 1. The van der Waals surface area contributed by atoms with Crippen molar-refractivity contribution in [3.05, 3.63) is 99.8 Å². The van der Waals surface area contributed by atoms with Gasteiger partial charge in [0.25, 0.3) is 5.91 Å². The molecule has 0 aliphatic carbocycles. The van der Waals surface area contributed by atoms with Crippen LogP contribution in [0.25, 0.3) is 5.69 Å². The highest BCUT2D eigenvalue weighted by Gasteiger charge is 2.18. The van der Waals surface area contributed by atoms with Gasteiger partial charge >= 0.3 is 0 Å². The second kappa shape index (κ2) is 10.7. The van der Waals surface area contributed by atoms with Crippen LogP contribution in [0.2, 0.25) is 10.0 Å². The van der Waals surface area contributed by atoms with Gasteiger partial charge in [0.1, 0.15) is 5.75 Å². The van der Waals surface area contributed by atoms with E-state index in [2.05, 4.69) is 27.6 Å². The number of nitrogens with one attached hydrogen (secondary N) is 1. The first kappa shape index (κ1) is 23.2. The fourth-order valence-corrected chi connectivity index (χ4v) is 4.57. The minimum Gasteiger partial charge on any atom is -0.497 e. The van der Waals surface area contributed by atoms with Gasteiger partial charge in [-0.2, -0.15) is 0 Å². The number of hydrogen-bond donors (Lipinski definition) is 1. The lowest BCUT2D eigenvalue weighted by Gasteiger charge is -2.13. The van der Waals surface area contributed by atoms with Gasteiger partial charge in [0.05, 0.1) is 24.4 Å². The molecule has 0 unspecified atom stereocenters. The molecule has 0 bridgehead atoms. The minimum absolute atomic E-state index is 0.161. The third-order valence-electron chi connectivity index (χ3n) is 4.80. The van der Waals surface area contributed by atoms with Crippen molar-refractivity contribution in [2.24, 2.45) is 0 Å². The second-order valence-electron chi connectivity index (χ2n) is 7.02. The zero-order chi connectivity index (χ0) is 23.2. The van der Waals surface area contributed by atoms with Crippen molar-refractivity contribution in [3.63, 3.8) is 0 Å². The van der Waals surface area contributed by atoms with Gasteiger partial charge in [0.2, 0.25) is 0 Å². The average Bonchev–Trinajstić information content (AvgIpc) is 3.24. The van der Waals surface area contributed by atoms with Crippen molar-refractivity contribution in [3.8, 4) is 11.4 Å². The molecule has 0 aliphatic rings. The average molecular weight is 499 g/mol. The molecule has 1 amide bonds. The summed E-state index contributed by atoms with van der Waals surface area (Å²) < 4.78 is 7.04. The molecule has 3 aromatic carbocycles. The molecule has 1 heterocycles. The monoisotopic (exact) mass is 498 g/mol. The Morgan fingerprint density at radius 2 is 1.85 bits per heavy atom. The summed E-state index contributed by atoms with van der Waals surface area (Å²) in [6.45, 7) is 0.161. The Morgan fingerprint density at radius 1 is 1.03 bits per heavy atom. The van der Waals surface area contributed by atoms with E-state index in [1.165, 1.54) is 11.8 Å². The Hall–Kier alpha value is -3.00. The molecule has 9 heteroatoms. The summed E-state index contributed by atoms with van der Waals surface area (Å²) in [6.07, 6.45) is 0. The van der Waals surface area contributed by atoms with Crippen LogP contribution in [0.4, 0.5) is 0 Å². The number of carbonyl (C=O) groups excluding carboxylic acids is 1. The van der Waals surface area contributed by atoms with Crippen molar-refractivity contribution >= 4 is 40.9 Å². The molecule has 6 nitrogen and oxygen atoms in total. The molecule has 1 aromatic heterocycles. The van der Waals surface area contributed by atoms with E-state index in [4.69, 9.17) is 27.9 Å². The summed E-state index contributed by atoms with van der Waals surface area (Å²) in [5.41, 5.74) is 2.34. The van der Waals surface area contributed by atoms with Gasteiger partial charge in [0, 0.05) is 16.3 Å². The number of methoxy groups -OCH3 is 1. The zero-order valence-electron chi connectivity index (χ0n) is 17.7. The van der Waals surface area contributed by atoms with Gasteiger partial charge in [-0.15, -0.1) is 10.2 Å². The molecule has 4 aromatic rings. The van der Waals surface area contributed by atoms with Gasteiger partial charge in [0.15, 0.2) is 11.0 Å². The van der Waals surface area contributed by atoms with Gasteiger partial charge < -0.3 is 10.1 Å². The Kier molecular flexibility index (Phi) is 7.54. The molecule has 0 radical (unpaired) electrons. The third-order valence-corrected chi connectivity index (χ3v) is 6.34. The SMILES string of the molecule is COc1cccc(C(=O)NCc2nnc(SCc3ccccc3)n2-c2ccc(Cl)cc2Cl)c1. The number of thioether (sulfide) groups is 1. The summed E-state index contributed by atoms with van der Waals surface area (Å²) in [6, 6.07) is 22.3. The van der Waals surface area contributed by atoms with Gasteiger partial charge in [-0.3, -0.25) is 9.36 Å². The minimum atomic E-state index is -0.246. The Balaban J connectivity index is 1.60. The van der Waals surface area contributed by atoms with Crippen molar-refractivity contribution in [2.75, 3.05) is 7.11 Å². The van der Waals surface area contributed by atoms with Crippen LogP contribution in [0.3, 0.4) is 0 Å². The Morgan fingerprint density at radius 3 is 2.61 bits per heavy atom. The Bertz CT molecular complexity index is 1260. The van der Waals surface area contributed by atoms with E-state index in [-0.39, 0.29) is 12.5 Å². The lowest BCUT2D eigenvalue weighted by molar-refractivity contribution is 0.0949. The molecular formula is C24H20Cl2N4O2S. The normalized spacial score (nSPS) is 10.8. The smallest absolute Gasteiger partial charge is 0.251 e. The standard InChI is InChI=1S/C24H20Cl2N4O2S/c1-32-19-9-5-8-17(12-19)23(31)27-14-22-28-29-24(33-15-16-6-3-2-4-7-16)30(22)21-11-10-18(25)13-20(21)26/h2-13H,14-15H2,1H3,(H,27,31). The van der Waals surface area contributed by atoms with E-state index in [0.717, 1.165) is 5.56 Å². The number of rotatable bonds is 8. The Labute approximate surface area is 205 Å². The second-order valence-corrected chi connectivity index (χ2v) is 8.80. The molecule has 0 aliphatic heterocycles. The van der Waals surface area contributed by atoms with Crippen LogP contribution >= 0.6 is 35.0 Å². The fraction of sp³-hybridized carbons (Fsp3) is 0.125. The largest absolute Gasteiger partial charge is 0.497 e. The van der Waals surface area contributed by atoms with E-state index >= 15 is 0 Å². The maximum atomic E-state index is 12.7. The molecule has 0 fully saturated rings. The summed E-state index contributed by atoms with van der Waals surface area (Å²) in [4.78, 5) is 12.7. The predicted octanol–water partition coefficient (Wildman–Crippen LogP) is 5.81. The predicted molar refractivity (Wildman–Crippen MR) is 132 cm³/mol. The molecule has 0 saturated heterocycles. The van der Waals surface area contributed by atoms with Crippen LogP contribution in [0.5, 0.6) is 5.75 Å². The van der Waals surface area contributed by atoms with Crippen LogP contribution in [-0.2, 0) is 12.3 Å². The van der Waals surface area contributed by atoms with Crippen LogP contribution in [0.15, 0.2) is 78.0 Å². The number of amides is 1. The molecule has 0 spiro atoms. The van der Waals surface area contributed by atoms with E-state index in [9.17, 15) is 4.79 Å². The summed E-state index contributed by atoms with van der Waals surface area (Å²) in [5, 5.41) is 13.2. The van der Waals surface area contributed by atoms with Crippen LogP contribution < -0.4 is 10.1 Å². The fourth-order valence-electron chi connectivity index (χ4n) is 3.16. The molecule has 0 saturated carbocycles. The van der Waals surface area contributed by atoms with Crippen molar-refractivity contribution in [1.29, 1.82) is 0 Å². The maximum absolute atomic E-state index is 12.7. The number of benzene rings is 3. The number of hydrogen-bond acceptors (Lipinski definition) is 5. The molecule has 168 valence electrons. The highest BCUT2D eigenvalue weighted by atomic mass is 35.5. The van der Waals surface area contributed by atoms with Crippen molar-refractivity contribution < 1.29 is 9.53 Å². The molecule has 0 atom stereocenters. The van der Waals surface area contributed by atoms with Gasteiger partial charge in [-0.25, -0.2) is 0 Å². The van der Waals surface area contributed by atoms with Gasteiger partial charge in [-0.1, -0.05) is 71.4 Å². The third kappa shape index (κ3) is 5.68. The van der Waals surface area contributed by atoms with E-state index in [1.807, 2.05) is 28.8 Å². The molecule has 4 rings (SSSR count). The lowest BCUT2D eigenvalue weighted by Crippen LogP contribution is -2.24. The maximum Gasteiger partial charge on any atom is 0.251 e. The first-order valence-electron chi connectivity index (χ1n) is 10.0. The summed E-state index contributed by atoms with van der Waals surface area (Å²) in [5.74, 6) is 1.62. The summed E-state index contributed by atoms with van der Waals surface area (Å²) >= 11 is 14.1. The zero-order valence-corrected chi connectivity index (χ0v) is 20.0. The first-order valence-corrected chi connectivity index (χ1v) is 11.8. The number of aromatic nitrogens is 3. The van der Waals surface area contributed by atoms with E-state index in [1.54, 1.807) is 43.5 Å². The van der Waals surface area contributed by atoms with E-state index in [0.29, 0.717) is 43.8 Å². The molecule has 33 heavy (non-hydrogen) atoms. The number of carbonyl (C=O) groups is 1. The quantitative estimate of drug-likeness (QED) is 0.310. The van der Waals surface area contributed by atoms with Gasteiger partial charge in [-0.05, 0) is 42.0 Å². The topological polar surface area (TPSA) is 69.0 Å². The van der Waals surface area contributed by atoms with Crippen LogP contribution in [0, 0.1) is 0 Å². The number of nitrogens with zero attached hydrogens (tertiary/aromatic N) is 3. The lowest BCUT2D eigenvalue weighted by atomic mass is 10.2. The molecule has 1 N–H and O–H groups in total. The highest BCUT2D eigenvalue weighted by Crippen LogP contribution is 2.30. The van der Waals surface area contributed by atoms with Crippen molar-refractivity contribution in [1.82, 2.24) is 20.1 Å².